The Kier molecular flexibility index (Phi) is 40.7. The van der Waals surface area contributed by atoms with Crippen LogP contribution in [0.2, 0.25) is 0 Å². The highest BCUT2D eigenvalue weighted by molar-refractivity contribution is 7.47. The average Bonchev–Trinajstić information content (AvgIpc) is 3.21. The predicted octanol–water partition coefficient (Wildman–Crippen LogP) is 12.4. The molecule has 0 aliphatic rings. The van der Waals surface area contributed by atoms with Crippen LogP contribution in [0.5, 0.6) is 0 Å². The number of aliphatic hydroxyl groups excluding tert-OH is 1. The lowest BCUT2D eigenvalue weighted by Crippen LogP contribution is -2.43. The molecule has 0 heterocycles. The van der Waals surface area contributed by atoms with Gasteiger partial charge in [-0.25, -0.2) is 9.36 Å². The predicted molar refractivity (Wildman–Crippen MR) is 240 cm³/mol. The van der Waals surface area contributed by atoms with Crippen LogP contribution in [0, 0.1) is 0 Å². The number of carboxylic acids is 1. The topological polar surface area (TPSA) is 169 Å². The Morgan fingerprint density at radius 1 is 0.542 bits per heavy atom. The molecule has 344 valence electrons. The average molecular weight is 856 g/mol. The molecule has 0 aliphatic heterocycles. The van der Waals surface area contributed by atoms with Crippen LogP contribution in [0.3, 0.4) is 0 Å². The molecule has 4 N–H and O–H groups in total. The van der Waals surface area contributed by atoms with Gasteiger partial charge in [-0.1, -0.05) is 166 Å². The van der Waals surface area contributed by atoms with E-state index >= 15 is 0 Å². The van der Waals surface area contributed by atoms with Crippen molar-refractivity contribution in [1.82, 2.24) is 5.32 Å². The van der Waals surface area contributed by atoms with Gasteiger partial charge in [0.05, 0.1) is 13.2 Å². The summed E-state index contributed by atoms with van der Waals surface area (Å²) in [5.74, 6) is -2.38. The van der Waals surface area contributed by atoms with Crippen LogP contribution in [0.25, 0.3) is 0 Å². The number of aliphatic hydroxyl groups is 1. The van der Waals surface area contributed by atoms with Gasteiger partial charge in [0.2, 0.25) is 5.91 Å². The second-order valence-electron chi connectivity index (χ2n) is 15.9. The van der Waals surface area contributed by atoms with Crippen LogP contribution >= 0.6 is 7.82 Å². The Labute approximate surface area is 359 Å². The van der Waals surface area contributed by atoms with Gasteiger partial charge >= 0.3 is 19.8 Å². The summed E-state index contributed by atoms with van der Waals surface area (Å²) >= 11 is 0. The minimum atomic E-state index is -4.76. The van der Waals surface area contributed by atoms with E-state index in [-0.39, 0.29) is 12.8 Å². The molecule has 0 spiro atoms. The van der Waals surface area contributed by atoms with Gasteiger partial charge in [-0.2, -0.15) is 0 Å². The molecule has 11 nitrogen and oxygen atoms in total. The monoisotopic (exact) mass is 856 g/mol. The number of hydrogen-bond donors (Lipinski definition) is 4. The summed E-state index contributed by atoms with van der Waals surface area (Å²) in [5.41, 5.74) is 0. The zero-order valence-electron chi connectivity index (χ0n) is 37.3. The van der Waals surface area contributed by atoms with Gasteiger partial charge in [-0.05, 0) is 70.6 Å². The molecule has 3 unspecified atom stereocenters. The lowest BCUT2D eigenvalue weighted by Gasteiger charge is -2.18. The zero-order chi connectivity index (χ0) is 43.5. The fourth-order valence-corrected chi connectivity index (χ4v) is 7.23. The fraction of sp³-hybridized carbons (Fsp3) is 0.809. The minimum Gasteiger partial charge on any atom is -0.480 e. The number of hydrogen-bond acceptors (Lipinski definition) is 8. The van der Waals surface area contributed by atoms with Crippen molar-refractivity contribution >= 4 is 25.7 Å². The Bertz CT molecular complexity index is 1140. The molecule has 0 radical (unpaired) electrons. The molecule has 0 saturated heterocycles. The third kappa shape index (κ3) is 42.2. The molecule has 0 aromatic rings. The summed E-state index contributed by atoms with van der Waals surface area (Å²) in [5, 5.41) is 21.9. The van der Waals surface area contributed by atoms with Gasteiger partial charge in [0.25, 0.3) is 0 Å². The van der Waals surface area contributed by atoms with Gasteiger partial charge in [0, 0.05) is 12.8 Å². The molecular weight excluding hydrogens is 769 g/mol. The first-order valence-corrected chi connectivity index (χ1v) is 25.0. The number of carbonyl (C=O) groups excluding carboxylic acids is 2. The molecule has 0 bridgehead atoms. The molecule has 0 fully saturated rings. The van der Waals surface area contributed by atoms with Crippen LogP contribution in [0.15, 0.2) is 36.5 Å². The molecule has 3 atom stereocenters. The molecule has 0 saturated carbocycles. The maximum atomic E-state index is 12.3. The number of phosphoric acid groups is 1. The Hall–Kier alpha value is -2.30. The smallest absolute Gasteiger partial charge is 0.472 e. The second kappa shape index (κ2) is 42.4. The van der Waals surface area contributed by atoms with Crippen LogP contribution in [0.1, 0.15) is 213 Å². The van der Waals surface area contributed by atoms with E-state index in [1.165, 1.54) is 96.3 Å². The van der Waals surface area contributed by atoms with E-state index in [2.05, 4.69) is 55.6 Å². The number of nitrogens with one attached hydrogen (secondary N) is 1. The van der Waals surface area contributed by atoms with Crippen molar-refractivity contribution in [2.75, 3.05) is 19.8 Å². The van der Waals surface area contributed by atoms with Crippen LogP contribution in [-0.4, -0.2) is 64.9 Å². The molecule has 0 aromatic heterocycles. The molecule has 0 aliphatic carbocycles. The highest BCUT2D eigenvalue weighted by Gasteiger charge is 2.28. The van der Waals surface area contributed by atoms with E-state index in [0.717, 1.165) is 77.0 Å². The number of carboxylic acid groups (broad SMARTS) is 1. The summed E-state index contributed by atoms with van der Waals surface area (Å²) in [4.78, 5) is 46.0. The third-order valence-corrected chi connectivity index (χ3v) is 11.1. The quantitative estimate of drug-likeness (QED) is 0.0200. The van der Waals surface area contributed by atoms with Crippen molar-refractivity contribution in [1.29, 1.82) is 0 Å². The lowest BCUT2D eigenvalue weighted by atomic mass is 10.1. The SMILES string of the molecule is CCCCC/C=C\C/C=C\CCCCCCCCCCCC(=O)NC(COP(=O)(O)OCC(O)COC(=O)CCCCCCC/C=C\CCCCCCCCC)C(=O)O. The highest BCUT2D eigenvalue weighted by atomic mass is 31.2. The van der Waals surface area contributed by atoms with Crippen molar-refractivity contribution in [3.63, 3.8) is 0 Å². The number of ether oxygens (including phenoxy) is 1. The van der Waals surface area contributed by atoms with Crippen molar-refractivity contribution < 1.29 is 47.8 Å². The minimum absolute atomic E-state index is 0.140. The molecule has 0 aromatic carbocycles. The van der Waals surface area contributed by atoms with Crippen LogP contribution < -0.4 is 5.32 Å². The largest absolute Gasteiger partial charge is 0.480 e. The van der Waals surface area contributed by atoms with Gasteiger partial charge in [0.1, 0.15) is 12.7 Å². The molecule has 0 rings (SSSR count). The molecule has 59 heavy (non-hydrogen) atoms. The zero-order valence-corrected chi connectivity index (χ0v) is 38.2. The Morgan fingerprint density at radius 3 is 1.42 bits per heavy atom. The normalized spacial score (nSPS) is 14.0. The van der Waals surface area contributed by atoms with Gasteiger partial charge in [-0.15, -0.1) is 0 Å². The fourth-order valence-electron chi connectivity index (χ4n) is 6.46. The molecule has 12 heteroatoms. The van der Waals surface area contributed by atoms with Crippen molar-refractivity contribution in [3.8, 4) is 0 Å². The first-order valence-electron chi connectivity index (χ1n) is 23.5. The van der Waals surface area contributed by atoms with Gasteiger partial charge in [0.15, 0.2) is 6.04 Å². The summed E-state index contributed by atoms with van der Waals surface area (Å²) in [6.07, 6.45) is 45.9. The molecular formula is C47H86NO10P. The van der Waals surface area contributed by atoms with Crippen LogP contribution in [-0.2, 0) is 32.7 Å². The van der Waals surface area contributed by atoms with E-state index in [4.69, 9.17) is 13.8 Å². The van der Waals surface area contributed by atoms with E-state index in [1.54, 1.807) is 0 Å². The van der Waals surface area contributed by atoms with E-state index in [9.17, 15) is 34.1 Å². The lowest BCUT2D eigenvalue weighted by molar-refractivity contribution is -0.147. The number of rotatable bonds is 44. The highest BCUT2D eigenvalue weighted by Crippen LogP contribution is 2.43. The van der Waals surface area contributed by atoms with Gasteiger partial charge in [-0.3, -0.25) is 18.6 Å². The summed E-state index contributed by atoms with van der Waals surface area (Å²) < 4.78 is 26.9. The second-order valence-corrected chi connectivity index (χ2v) is 17.4. The van der Waals surface area contributed by atoms with E-state index in [0.29, 0.717) is 12.8 Å². The van der Waals surface area contributed by atoms with Crippen LogP contribution in [0.4, 0.5) is 0 Å². The Balaban J connectivity index is 3.88. The number of phosphoric ester groups is 1. The maximum absolute atomic E-state index is 12.3. The van der Waals surface area contributed by atoms with E-state index < -0.39 is 57.6 Å². The number of unbranched alkanes of at least 4 members (excludes halogenated alkanes) is 24. The standard InChI is InChI=1S/C47H86NO10P/c1-3-5-7-9-11-13-15-17-19-21-22-23-24-26-28-30-32-34-36-38-45(50)48-44(47(52)53)42-58-59(54,55)57-41-43(49)40-56-46(51)39-37-35-33-31-29-27-25-20-18-16-14-12-10-8-6-4-2/h11,13,17,19-20,25,43-44,49H,3-10,12,14-16,18,21-24,26-42H2,1-2H3,(H,48,50)(H,52,53)(H,54,55)/b13-11-,19-17-,25-20-. The van der Waals surface area contributed by atoms with Crippen molar-refractivity contribution in [2.45, 2.75) is 225 Å². The first-order chi connectivity index (χ1) is 28.6. The number of allylic oxidation sites excluding steroid dienone is 6. The Morgan fingerprint density at radius 2 is 0.932 bits per heavy atom. The number of aliphatic carboxylic acids is 1. The number of carbonyl (C=O) groups is 3. The number of amides is 1. The maximum Gasteiger partial charge on any atom is 0.472 e. The summed E-state index contributed by atoms with van der Waals surface area (Å²) in [6.45, 7) is 2.57. The van der Waals surface area contributed by atoms with Gasteiger partial charge < -0.3 is 25.2 Å². The third-order valence-electron chi connectivity index (χ3n) is 10.2. The van der Waals surface area contributed by atoms with Crippen molar-refractivity contribution in [2.24, 2.45) is 0 Å². The van der Waals surface area contributed by atoms with Crippen molar-refractivity contribution in [3.05, 3.63) is 36.5 Å². The van der Waals surface area contributed by atoms with E-state index in [1.807, 2.05) is 0 Å². The first kappa shape index (κ1) is 56.7. The number of esters is 1. The molecule has 1 amide bonds. The summed E-state index contributed by atoms with van der Waals surface area (Å²) in [6, 6.07) is -1.55. The summed E-state index contributed by atoms with van der Waals surface area (Å²) in [7, 11) is -4.76.